The van der Waals surface area contributed by atoms with Crippen LogP contribution < -0.4 is 5.73 Å². The fourth-order valence-electron chi connectivity index (χ4n) is 2.12. The lowest BCUT2D eigenvalue weighted by Gasteiger charge is -2.20. The van der Waals surface area contributed by atoms with E-state index in [0.29, 0.717) is 25.2 Å². The maximum absolute atomic E-state index is 13.9. The second kappa shape index (κ2) is 7.12. The van der Waals surface area contributed by atoms with Crippen LogP contribution in [0.1, 0.15) is 23.7 Å². The van der Waals surface area contributed by atoms with Gasteiger partial charge in [0.25, 0.3) is 0 Å². The van der Waals surface area contributed by atoms with Gasteiger partial charge in [0.05, 0.1) is 5.69 Å². The number of aromatic nitrogens is 1. The number of hydrogen-bond acceptors (Lipinski definition) is 3. The fourth-order valence-corrected chi connectivity index (χ4v) is 2.12. The molecule has 1 heterocycles. The molecule has 0 saturated carbocycles. The van der Waals surface area contributed by atoms with Crippen LogP contribution in [0.15, 0.2) is 42.6 Å². The molecule has 0 aliphatic carbocycles. The van der Waals surface area contributed by atoms with E-state index < -0.39 is 0 Å². The van der Waals surface area contributed by atoms with Crippen LogP contribution in [0.2, 0.25) is 0 Å². The van der Waals surface area contributed by atoms with Gasteiger partial charge in [0.15, 0.2) is 0 Å². The number of rotatable bonds is 6. The predicted molar refractivity (Wildman–Crippen MR) is 78.3 cm³/mol. The van der Waals surface area contributed by atoms with Crippen molar-refractivity contribution < 1.29 is 4.39 Å². The summed E-state index contributed by atoms with van der Waals surface area (Å²) in [5, 5.41) is 0. The molecule has 0 radical (unpaired) electrons. The number of nitrogens with zero attached hydrogens (tertiary/aromatic N) is 2. The van der Waals surface area contributed by atoms with E-state index in [9.17, 15) is 4.39 Å². The third kappa shape index (κ3) is 3.85. The van der Waals surface area contributed by atoms with Crippen LogP contribution in [-0.2, 0) is 19.6 Å². The Bertz CT molecular complexity index is 543. The lowest BCUT2D eigenvalue weighted by atomic mass is 10.1. The van der Waals surface area contributed by atoms with Gasteiger partial charge < -0.3 is 5.73 Å². The summed E-state index contributed by atoms with van der Waals surface area (Å²) in [6.45, 7) is 4.60. The molecule has 2 N–H and O–H groups in total. The minimum absolute atomic E-state index is 0.179. The van der Waals surface area contributed by atoms with Gasteiger partial charge in [0.2, 0.25) is 0 Å². The Balaban J connectivity index is 2.10. The van der Waals surface area contributed by atoms with Crippen LogP contribution in [-0.4, -0.2) is 16.4 Å². The fraction of sp³-hybridized carbons (Fsp3) is 0.312. The molecular weight excluding hydrogens is 253 g/mol. The number of benzene rings is 1. The topological polar surface area (TPSA) is 42.2 Å². The largest absolute Gasteiger partial charge is 0.326 e. The van der Waals surface area contributed by atoms with Crippen LogP contribution in [0.4, 0.5) is 4.39 Å². The molecule has 2 rings (SSSR count). The third-order valence-electron chi connectivity index (χ3n) is 3.30. The second-order valence-electron chi connectivity index (χ2n) is 4.75. The average Bonchev–Trinajstić information content (AvgIpc) is 2.49. The molecule has 106 valence electrons. The molecule has 0 amide bonds. The monoisotopic (exact) mass is 273 g/mol. The summed E-state index contributed by atoms with van der Waals surface area (Å²) >= 11 is 0. The first kappa shape index (κ1) is 14.6. The van der Waals surface area contributed by atoms with Crippen molar-refractivity contribution in [2.45, 2.75) is 26.6 Å². The van der Waals surface area contributed by atoms with Crippen molar-refractivity contribution in [1.82, 2.24) is 9.88 Å². The number of pyridine rings is 1. The second-order valence-corrected chi connectivity index (χ2v) is 4.75. The summed E-state index contributed by atoms with van der Waals surface area (Å²) in [4.78, 5) is 6.46. The lowest BCUT2D eigenvalue weighted by molar-refractivity contribution is 0.264. The Morgan fingerprint density at radius 2 is 2.05 bits per heavy atom. The van der Waals surface area contributed by atoms with E-state index in [-0.39, 0.29) is 5.82 Å². The Morgan fingerprint density at radius 3 is 2.70 bits per heavy atom. The predicted octanol–water partition coefficient (Wildman–Crippen LogP) is 2.70. The summed E-state index contributed by atoms with van der Waals surface area (Å²) in [6.07, 6.45) is 1.78. The van der Waals surface area contributed by atoms with E-state index in [1.807, 2.05) is 24.3 Å². The Hall–Kier alpha value is -1.78. The lowest BCUT2D eigenvalue weighted by Crippen LogP contribution is -2.23. The molecule has 2 aromatic rings. The van der Waals surface area contributed by atoms with Crippen molar-refractivity contribution in [3.05, 3.63) is 65.2 Å². The number of hydrogen-bond donors (Lipinski definition) is 1. The SMILES string of the molecule is CCN(Cc1ccccn1)Cc1cc(CN)ccc1F. The standard InChI is InChI=1S/C16H20FN3/c1-2-20(12-15-5-3-4-8-19-15)11-14-9-13(10-18)6-7-16(14)17/h3-9H,2,10-12,18H2,1H3. The van der Waals surface area contributed by atoms with Gasteiger partial charge in [0.1, 0.15) is 5.82 Å². The third-order valence-corrected chi connectivity index (χ3v) is 3.30. The van der Waals surface area contributed by atoms with Crippen molar-refractivity contribution in [1.29, 1.82) is 0 Å². The highest BCUT2D eigenvalue weighted by atomic mass is 19.1. The number of nitrogens with two attached hydrogens (primary N) is 1. The molecule has 0 fully saturated rings. The van der Waals surface area contributed by atoms with Gasteiger partial charge in [-0.15, -0.1) is 0 Å². The molecule has 1 aromatic carbocycles. The van der Waals surface area contributed by atoms with E-state index in [0.717, 1.165) is 17.8 Å². The Labute approximate surface area is 119 Å². The van der Waals surface area contributed by atoms with Crippen molar-refractivity contribution in [2.75, 3.05) is 6.54 Å². The minimum Gasteiger partial charge on any atom is -0.326 e. The molecular formula is C16H20FN3. The maximum Gasteiger partial charge on any atom is 0.127 e. The zero-order valence-electron chi connectivity index (χ0n) is 11.7. The van der Waals surface area contributed by atoms with Gasteiger partial charge in [-0.05, 0) is 30.3 Å². The Kier molecular flexibility index (Phi) is 5.21. The van der Waals surface area contributed by atoms with Crippen LogP contribution in [0, 0.1) is 5.82 Å². The van der Waals surface area contributed by atoms with Gasteiger partial charge in [-0.1, -0.05) is 25.1 Å². The molecule has 1 aromatic heterocycles. The molecule has 0 unspecified atom stereocenters. The normalized spacial score (nSPS) is 11.0. The van der Waals surface area contributed by atoms with E-state index in [2.05, 4.69) is 16.8 Å². The molecule has 0 aliphatic heterocycles. The highest BCUT2D eigenvalue weighted by Gasteiger charge is 2.10. The maximum atomic E-state index is 13.9. The first-order chi connectivity index (χ1) is 9.72. The quantitative estimate of drug-likeness (QED) is 0.880. The summed E-state index contributed by atoms with van der Waals surface area (Å²) in [6, 6.07) is 10.9. The molecule has 3 nitrogen and oxygen atoms in total. The van der Waals surface area contributed by atoms with Gasteiger partial charge in [-0.2, -0.15) is 0 Å². The molecule has 0 atom stereocenters. The van der Waals surface area contributed by atoms with E-state index in [1.54, 1.807) is 12.3 Å². The van der Waals surface area contributed by atoms with Crippen molar-refractivity contribution in [2.24, 2.45) is 5.73 Å². The summed E-state index contributed by atoms with van der Waals surface area (Å²) in [7, 11) is 0. The van der Waals surface area contributed by atoms with Crippen LogP contribution in [0.3, 0.4) is 0 Å². The Morgan fingerprint density at radius 1 is 1.20 bits per heavy atom. The zero-order valence-corrected chi connectivity index (χ0v) is 11.7. The van der Waals surface area contributed by atoms with Gasteiger partial charge in [-0.25, -0.2) is 4.39 Å². The molecule has 0 spiro atoms. The molecule has 0 aliphatic rings. The average molecular weight is 273 g/mol. The van der Waals surface area contributed by atoms with Crippen molar-refractivity contribution in [3.8, 4) is 0 Å². The summed E-state index contributed by atoms with van der Waals surface area (Å²) in [5.74, 6) is -0.179. The smallest absolute Gasteiger partial charge is 0.127 e. The first-order valence-electron chi connectivity index (χ1n) is 6.82. The highest BCUT2D eigenvalue weighted by Crippen LogP contribution is 2.14. The summed E-state index contributed by atoms with van der Waals surface area (Å²) < 4.78 is 13.9. The van der Waals surface area contributed by atoms with Crippen molar-refractivity contribution >= 4 is 0 Å². The van der Waals surface area contributed by atoms with E-state index in [4.69, 9.17) is 5.73 Å². The number of halogens is 1. The summed E-state index contributed by atoms with van der Waals surface area (Å²) in [5.41, 5.74) is 8.24. The first-order valence-corrected chi connectivity index (χ1v) is 6.82. The van der Waals surface area contributed by atoms with E-state index >= 15 is 0 Å². The van der Waals surface area contributed by atoms with Crippen LogP contribution in [0.5, 0.6) is 0 Å². The van der Waals surface area contributed by atoms with Gasteiger partial charge in [-0.3, -0.25) is 9.88 Å². The minimum atomic E-state index is -0.179. The van der Waals surface area contributed by atoms with Gasteiger partial charge in [0, 0.05) is 31.4 Å². The molecule has 4 heteroatoms. The molecule has 20 heavy (non-hydrogen) atoms. The van der Waals surface area contributed by atoms with Gasteiger partial charge >= 0.3 is 0 Å². The molecule has 0 bridgehead atoms. The van der Waals surface area contributed by atoms with Crippen LogP contribution >= 0.6 is 0 Å². The zero-order chi connectivity index (χ0) is 14.4. The molecule has 0 saturated heterocycles. The van der Waals surface area contributed by atoms with Crippen LogP contribution in [0.25, 0.3) is 0 Å². The van der Waals surface area contributed by atoms with E-state index in [1.165, 1.54) is 6.07 Å². The van der Waals surface area contributed by atoms with Crippen molar-refractivity contribution in [3.63, 3.8) is 0 Å². The highest BCUT2D eigenvalue weighted by molar-refractivity contribution is 5.25.